The number of fused-ring (bicyclic) bond motifs is 1. The molecular weight excluding hydrogens is 472 g/mol. The summed E-state index contributed by atoms with van der Waals surface area (Å²) in [5, 5.41) is 21.5. The lowest BCUT2D eigenvalue weighted by Crippen LogP contribution is -2.26. The van der Waals surface area contributed by atoms with Crippen molar-refractivity contribution in [3.8, 4) is 17.4 Å². The van der Waals surface area contributed by atoms with E-state index in [1.54, 1.807) is 48.5 Å². The van der Waals surface area contributed by atoms with Gasteiger partial charge in [0.15, 0.2) is 5.69 Å². The van der Waals surface area contributed by atoms with Crippen LogP contribution in [0.5, 0.6) is 17.4 Å². The van der Waals surface area contributed by atoms with Crippen LogP contribution in [0.2, 0.25) is 0 Å². The maximum atomic E-state index is 13.2. The number of rotatable bonds is 7. The lowest BCUT2D eigenvalue weighted by Gasteiger charge is -2.10. The Labute approximate surface area is 213 Å². The third kappa shape index (κ3) is 5.51. The van der Waals surface area contributed by atoms with E-state index in [-0.39, 0.29) is 17.3 Å². The zero-order chi connectivity index (χ0) is 26.5. The second-order valence-electron chi connectivity index (χ2n) is 8.32. The summed E-state index contributed by atoms with van der Waals surface area (Å²) in [7, 11) is 3.01. The molecule has 1 aromatic heterocycles. The first-order valence-electron chi connectivity index (χ1n) is 11.4. The van der Waals surface area contributed by atoms with Gasteiger partial charge in [-0.2, -0.15) is 0 Å². The van der Waals surface area contributed by atoms with Gasteiger partial charge in [0.05, 0.1) is 19.7 Å². The number of aromatic hydroxyl groups is 1. The summed E-state index contributed by atoms with van der Waals surface area (Å²) in [6.45, 7) is 3.82. The molecule has 0 bridgehead atoms. The van der Waals surface area contributed by atoms with Crippen molar-refractivity contribution in [2.24, 2.45) is 10.2 Å². The fourth-order valence-electron chi connectivity index (χ4n) is 3.92. The summed E-state index contributed by atoms with van der Waals surface area (Å²) < 4.78 is 10.7. The number of carbonyl (C=O) groups is 2. The highest BCUT2D eigenvalue weighted by atomic mass is 16.5. The van der Waals surface area contributed by atoms with Crippen molar-refractivity contribution in [1.29, 1.82) is 0 Å². The molecule has 4 rings (SSSR count). The van der Waals surface area contributed by atoms with Crippen LogP contribution in [0.25, 0.3) is 17.0 Å². The average Bonchev–Trinajstić information content (AvgIpc) is 3.22. The smallest absolute Gasteiger partial charge is 0.311 e. The Morgan fingerprint density at radius 2 is 1.76 bits per heavy atom. The van der Waals surface area contributed by atoms with Crippen LogP contribution in [0.15, 0.2) is 76.6 Å². The summed E-state index contributed by atoms with van der Waals surface area (Å²) >= 11 is 0. The SMILES string of the molecule is COc1ccc(OC)c(C=C(NC(=O)c2ccccc2)C(=O)N=Nc2c(O)[nH]c3c(C)cc(C)cc23)c1. The number of ether oxygens (including phenoxy) is 2. The minimum absolute atomic E-state index is 0.128. The van der Waals surface area contributed by atoms with Gasteiger partial charge >= 0.3 is 5.91 Å². The van der Waals surface area contributed by atoms with E-state index >= 15 is 0 Å². The fourth-order valence-corrected chi connectivity index (χ4v) is 3.92. The zero-order valence-corrected chi connectivity index (χ0v) is 20.8. The number of nitrogens with one attached hydrogen (secondary N) is 2. The fraction of sp³-hybridized carbons (Fsp3) is 0.143. The molecule has 188 valence electrons. The molecule has 37 heavy (non-hydrogen) atoms. The second kappa shape index (κ2) is 10.8. The maximum absolute atomic E-state index is 13.2. The van der Waals surface area contributed by atoms with E-state index in [1.165, 1.54) is 20.3 Å². The lowest BCUT2D eigenvalue weighted by atomic mass is 10.1. The number of nitrogens with zero attached hydrogens (tertiary/aromatic N) is 2. The first-order valence-corrected chi connectivity index (χ1v) is 11.4. The van der Waals surface area contributed by atoms with Crippen molar-refractivity contribution in [2.75, 3.05) is 14.2 Å². The van der Waals surface area contributed by atoms with Crippen LogP contribution in [0.1, 0.15) is 27.0 Å². The van der Waals surface area contributed by atoms with Gasteiger partial charge in [0, 0.05) is 16.5 Å². The molecule has 0 aliphatic carbocycles. The van der Waals surface area contributed by atoms with E-state index in [2.05, 4.69) is 20.5 Å². The van der Waals surface area contributed by atoms with E-state index in [4.69, 9.17) is 9.47 Å². The largest absolute Gasteiger partial charge is 0.497 e. The predicted molar refractivity (Wildman–Crippen MR) is 140 cm³/mol. The van der Waals surface area contributed by atoms with Gasteiger partial charge in [-0.25, -0.2) is 0 Å². The lowest BCUT2D eigenvalue weighted by molar-refractivity contribution is -0.115. The Hall–Kier alpha value is -4.92. The van der Waals surface area contributed by atoms with Crippen molar-refractivity contribution in [3.05, 3.63) is 88.6 Å². The van der Waals surface area contributed by atoms with Gasteiger partial charge in [-0.05, 0) is 61.9 Å². The molecule has 4 aromatic rings. The van der Waals surface area contributed by atoms with E-state index in [9.17, 15) is 14.7 Å². The molecule has 3 N–H and O–H groups in total. The highest BCUT2D eigenvalue weighted by Crippen LogP contribution is 2.37. The number of methoxy groups -OCH3 is 2. The Bertz CT molecular complexity index is 1540. The monoisotopic (exact) mass is 498 g/mol. The van der Waals surface area contributed by atoms with Gasteiger partial charge in [0.2, 0.25) is 5.88 Å². The molecular formula is C28H26N4O5. The maximum Gasteiger partial charge on any atom is 0.311 e. The van der Waals surface area contributed by atoms with Crippen LogP contribution in [0, 0.1) is 13.8 Å². The number of azo groups is 1. The molecule has 0 saturated carbocycles. The Morgan fingerprint density at radius 3 is 2.46 bits per heavy atom. The third-order valence-corrected chi connectivity index (χ3v) is 5.69. The summed E-state index contributed by atoms with van der Waals surface area (Å²) in [6, 6.07) is 17.3. The minimum atomic E-state index is -0.827. The molecule has 0 unspecified atom stereocenters. The topological polar surface area (TPSA) is 125 Å². The zero-order valence-electron chi connectivity index (χ0n) is 20.8. The van der Waals surface area contributed by atoms with Crippen LogP contribution < -0.4 is 14.8 Å². The molecule has 0 atom stereocenters. The average molecular weight is 499 g/mol. The number of aromatic nitrogens is 1. The number of aromatic amines is 1. The highest BCUT2D eigenvalue weighted by molar-refractivity contribution is 6.06. The van der Waals surface area contributed by atoms with Crippen molar-refractivity contribution in [3.63, 3.8) is 0 Å². The van der Waals surface area contributed by atoms with Gasteiger partial charge in [-0.15, -0.1) is 10.2 Å². The first kappa shape index (κ1) is 25.2. The molecule has 0 radical (unpaired) electrons. The van der Waals surface area contributed by atoms with E-state index in [0.717, 1.165) is 11.1 Å². The normalized spacial score (nSPS) is 11.6. The molecule has 0 spiro atoms. The summed E-state index contributed by atoms with van der Waals surface area (Å²) in [6.07, 6.45) is 1.44. The summed E-state index contributed by atoms with van der Waals surface area (Å²) in [4.78, 5) is 29.0. The van der Waals surface area contributed by atoms with E-state index < -0.39 is 11.8 Å². The Kier molecular flexibility index (Phi) is 7.34. The number of H-pyrrole nitrogens is 1. The Balaban J connectivity index is 1.75. The second-order valence-corrected chi connectivity index (χ2v) is 8.32. The molecule has 3 aromatic carbocycles. The number of aryl methyl sites for hydroxylation is 2. The number of carbonyl (C=O) groups excluding carboxylic acids is 2. The van der Waals surface area contributed by atoms with E-state index in [0.29, 0.717) is 33.5 Å². The molecule has 0 aliphatic heterocycles. The number of hydrogen-bond acceptors (Lipinski definition) is 6. The van der Waals surface area contributed by atoms with Gasteiger partial charge in [0.1, 0.15) is 17.2 Å². The standard InChI is InChI=1S/C28H26N4O5/c1-16-12-17(2)24-21(13-16)25(28(35)30-24)31-32-27(34)22(29-26(33)18-8-6-5-7-9-18)15-19-14-20(36-3)10-11-23(19)37-4/h5-15,30,35H,1-4H3,(H,29,33). The van der Waals surface area contributed by atoms with Crippen LogP contribution in [0.4, 0.5) is 5.69 Å². The summed E-state index contributed by atoms with van der Waals surface area (Å²) in [5.74, 6) is -0.555. The van der Waals surface area contributed by atoms with Gasteiger partial charge < -0.3 is 24.9 Å². The van der Waals surface area contributed by atoms with Crippen molar-refractivity contribution in [1.82, 2.24) is 10.3 Å². The third-order valence-electron chi connectivity index (χ3n) is 5.69. The summed E-state index contributed by atoms with van der Waals surface area (Å²) in [5.41, 5.74) is 3.40. The van der Waals surface area contributed by atoms with Crippen molar-refractivity contribution < 1.29 is 24.2 Å². The quantitative estimate of drug-likeness (QED) is 0.226. The van der Waals surface area contributed by atoms with Crippen LogP contribution in [0.3, 0.4) is 0 Å². The Morgan fingerprint density at radius 1 is 1.00 bits per heavy atom. The molecule has 0 fully saturated rings. The van der Waals surface area contributed by atoms with Crippen molar-refractivity contribution >= 4 is 34.5 Å². The van der Waals surface area contributed by atoms with Crippen molar-refractivity contribution in [2.45, 2.75) is 13.8 Å². The first-order chi connectivity index (χ1) is 17.8. The van der Waals surface area contributed by atoms with Gasteiger partial charge in [0.25, 0.3) is 5.91 Å². The van der Waals surface area contributed by atoms with Crippen LogP contribution in [-0.2, 0) is 4.79 Å². The van der Waals surface area contributed by atoms with Gasteiger partial charge in [-0.1, -0.05) is 29.8 Å². The molecule has 9 nitrogen and oxygen atoms in total. The molecule has 2 amide bonds. The predicted octanol–water partition coefficient (Wildman–Crippen LogP) is 5.59. The highest BCUT2D eigenvalue weighted by Gasteiger charge is 2.18. The van der Waals surface area contributed by atoms with E-state index in [1.807, 2.05) is 26.0 Å². The molecule has 1 heterocycles. The number of amides is 2. The van der Waals surface area contributed by atoms with Crippen LogP contribution in [-0.4, -0.2) is 36.1 Å². The minimum Gasteiger partial charge on any atom is -0.497 e. The molecule has 0 saturated heterocycles. The van der Waals surface area contributed by atoms with Gasteiger partial charge in [-0.3, -0.25) is 9.59 Å². The molecule has 0 aliphatic rings. The molecule has 9 heteroatoms. The van der Waals surface area contributed by atoms with Crippen LogP contribution >= 0.6 is 0 Å². The number of benzene rings is 3. The number of hydrogen-bond donors (Lipinski definition) is 3.